The Labute approximate surface area is 393 Å². The highest BCUT2D eigenvalue weighted by Crippen LogP contribution is 2.71. The molecule has 1 spiro atoms. The van der Waals surface area contributed by atoms with Crippen LogP contribution >= 0.6 is 0 Å². The third kappa shape index (κ3) is 7.16. The molecule has 11 aliphatic rings. The molecule has 0 aromatic heterocycles. The van der Waals surface area contributed by atoms with Gasteiger partial charge in [-0.2, -0.15) is 0 Å². The van der Waals surface area contributed by atoms with Gasteiger partial charge in [0.05, 0.1) is 0 Å². The minimum absolute atomic E-state index is 0.203. The molecule has 3 aliphatic heterocycles. The standard InChI is InChI=1S/C60H92BN3/c1-40-34-52-55-53(35-40)64-56-50(31-29-48(41-22-14-10-15-23-41)54(56)60(59(64,8)9)32-20-13-21-33-60)61(55)49-30-28-46(62(44-24-16-11-17-25-44)45-26-18-12-19-27-45)39-51(49)63(52)47-37-42(57(2,3)4)36-43(38-47)58(5,6)7/h11,16,18,22,26,28-29,31,40,42-45,47-51,53-54,56H,10,12-15,17,19-21,23-25,27,30,32-39H2,1-9H3. The predicted molar refractivity (Wildman–Crippen MR) is 272 cm³/mol. The van der Waals surface area contributed by atoms with Crippen molar-refractivity contribution in [2.75, 3.05) is 0 Å². The van der Waals surface area contributed by atoms with Crippen LogP contribution in [0.4, 0.5) is 0 Å². The van der Waals surface area contributed by atoms with Gasteiger partial charge in [0.2, 0.25) is 0 Å². The van der Waals surface area contributed by atoms with Gasteiger partial charge in [-0.3, -0.25) is 4.90 Å². The van der Waals surface area contributed by atoms with Crippen molar-refractivity contribution >= 4 is 6.71 Å². The van der Waals surface area contributed by atoms with Crippen LogP contribution in [0.3, 0.4) is 0 Å². The van der Waals surface area contributed by atoms with E-state index in [4.69, 9.17) is 0 Å². The van der Waals surface area contributed by atoms with E-state index in [0.29, 0.717) is 76.8 Å². The molecule has 0 radical (unpaired) electrons. The fraction of sp³-hybridized carbons (Fsp3) is 0.800. The van der Waals surface area contributed by atoms with Gasteiger partial charge >= 0.3 is 0 Å². The summed E-state index contributed by atoms with van der Waals surface area (Å²) in [6.45, 7) is 24.5. The average Bonchev–Trinajstić information content (AvgIpc) is 3.47. The molecule has 0 aromatic carbocycles. The van der Waals surface area contributed by atoms with Crippen molar-refractivity contribution in [3.63, 3.8) is 0 Å². The second-order valence-corrected chi connectivity index (χ2v) is 27.2. The molecule has 4 fully saturated rings. The van der Waals surface area contributed by atoms with Gasteiger partial charge in [-0.1, -0.05) is 127 Å². The summed E-state index contributed by atoms with van der Waals surface area (Å²) >= 11 is 0. The Morgan fingerprint density at radius 2 is 1.52 bits per heavy atom. The van der Waals surface area contributed by atoms with E-state index in [1.165, 1.54) is 141 Å². The zero-order chi connectivity index (χ0) is 44.3. The van der Waals surface area contributed by atoms with Gasteiger partial charge in [-0.05, 0) is 181 Å². The fourth-order valence-electron chi connectivity index (χ4n) is 18.6. The van der Waals surface area contributed by atoms with Gasteiger partial charge in [0, 0.05) is 65.5 Å². The van der Waals surface area contributed by atoms with Crippen LogP contribution in [0.25, 0.3) is 0 Å². The van der Waals surface area contributed by atoms with Crippen LogP contribution in [0, 0.1) is 45.8 Å². The number of hydrogen-bond acceptors (Lipinski definition) is 3. The summed E-state index contributed by atoms with van der Waals surface area (Å²) < 4.78 is 0. The molecule has 2 saturated heterocycles. The normalized spacial score (nSPS) is 41.6. The number of nitrogens with zero attached hydrogens (tertiary/aromatic N) is 3. The van der Waals surface area contributed by atoms with E-state index >= 15 is 0 Å². The van der Waals surface area contributed by atoms with Gasteiger partial charge in [0.15, 0.2) is 6.71 Å². The first kappa shape index (κ1) is 44.6. The highest BCUT2D eigenvalue weighted by molar-refractivity contribution is 6.71. The van der Waals surface area contributed by atoms with Crippen LogP contribution in [-0.2, 0) is 0 Å². The molecule has 64 heavy (non-hydrogen) atoms. The van der Waals surface area contributed by atoms with Gasteiger partial charge in [0.1, 0.15) is 0 Å². The lowest BCUT2D eigenvalue weighted by Gasteiger charge is -2.64. The Balaban J connectivity index is 1.09. The largest absolute Gasteiger partial charge is 0.369 e. The molecule has 350 valence electrons. The zero-order valence-corrected chi connectivity index (χ0v) is 42.6. The molecule has 0 aromatic rings. The van der Waals surface area contributed by atoms with E-state index < -0.39 is 0 Å². The van der Waals surface area contributed by atoms with Crippen molar-refractivity contribution in [3.05, 3.63) is 71.0 Å². The fourth-order valence-corrected chi connectivity index (χ4v) is 18.6. The van der Waals surface area contributed by atoms with Crippen LogP contribution < -0.4 is 0 Å². The van der Waals surface area contributed by atoms with Gasteiger partial charge in [-0.15, -0.1) is 0 Å². The van der Waals surface area contributed by atoms with E-state index in [1.54, 1.807) is 5.70 Å². The Bertz CT molecular complexity index is 1920. The molecule has 0 N–H and O–H groups in total. The minimum Gasteiger partial charge on any atom is -0.369 e. The molecular weight excluding hydrogens is 773 g/mol. The topological polar surface area (TPSA) is 9.72 Å². The maximum absolute atomic E-state index is 3.38. The van der Waals surface area contributed by atoms with Gasteiger partial charge < -0.3 is 9.80 Å². The molecule has 4 heteroatoms. The summed E-state index contributed by atoms with van der Waals surface area (Å²) in [7, 11) is 0. The Morgan fingerprint density at radius 1 is 0.734 bits per heavy atom. The number of rotatable bonds is 5. The Kier molecular flexibility index (Phi) is 11.6. The number of hydrogen-bond donors (Lipinski definition) is 0. The predicted octanol–water partition coefficient (Wildman–Crippen LogP) is 15.3. The van der Waals surface area contributed by atoms with Gasteiger partial charge in [-0.25, -0.2) is 0 Å². The van der Waals surface area contributed by atoms with Crippen molar-refractivity contribution in [1.82, 2.24) is 14.7 Å². The quantitative estimate of drug-likeness (QED) is 0.201. The lowest BCUT2D eigenvalue weighted by Crippen LogP contribution is -2.68. The second-order valence-electron chi connectivity index (χ2n) is 27.2. The van der Waals surface area contributed by atoms with Crippen LogP contribution in [0.1, 0.15) is 204 Å². The lowest BCUT2D eigenvalue weighted by molar-refractivity contribution is -0.0171. The second kappa shape index (κ2) is 16.6. The number of fused-ring (bicyclic) bond motifs is 5. The SMILES string of the molecule is CC1CC2=C3B(C4C=CC(C5=CCCCC5)C5C4N(C3C1)C(C)(C)C51CCCCC1)C1CC=C(N(C3C=CCCC3)C3CC=CCC3)CC1N2C1CC(C(C)(C)C)CC(C(C)(C)C)C1. The Morgan fingerprint density at radius 3 is 2.19 bits per heavy atom. The molecule has 0 bridgehead atoms. The highest BCUT2D eigenvalue weighted by atomic mass is 15.3. The first-order valence-electron chi connectivity index (χ1n) is 28.1. The highest BCUT2D eigenvalue weighted by Gasteiger charge is 2.72. The van der Waals surface area contributed by atoms with Crippen LogP contribution in [0.2, 0.25) is 11.6 Å². The Hall–Kier alpha value is -1.94. The van der Waals surface area contributed by atoms with E-state index in [-0.39, 0.29) is 5.54 Å². The molecule has 11 rings (SSSR count). The summed E-state index contributed by atoms with van der Waals surface area (Å²) in [4.78, 5) is 9.80. The summed E-state index contributed by atoms with van der Waals surface area (Å²) in [6, 6.07) is 3.72. The van der Waals surface area contributed by atoms with E-state index in [2.05, 4.69) is 126 Å². The third-order valence-corrected chi connectivity index (χ3v) is 21.7. The van der Waals surface area contributed by atoms with Crippen molar-refractivity contribution in [2.24, 2.45) is 45.8 Å². The first-order valence-corrected chi connectivity index (χ1v) is 28.1. The number of allylic oxidation sites excluding steroid dienone is 7. The average molecular weight is 866 g/mol. The van der Waals surface area contributed by atoms with Crippen molar-refractivity contribution < 1.29 is 0 Å². The molecule has 2 saturated carbocycles. The van der Waals surface area contributed by atoms with Crippen molar-refractivity contribution in [3.8, 4) is 0 Å². The summed E-state index contributed by atoms with van der Waals surface area (Å²) in [5.41, 5.74) is 8.74. The maximum atomic E-state index is 3.38. The van der Waals surface area contributed by atoms with Crippen LogP contribution in [0.15, 0.2) is 71.0 Å². The van der Waals surface area contributed by atoms with Crippen LogP contribution in [0.5, 0.6) is 0 Å². The summed E-state index contributed by atoms with van der Waals surface area (Å²) in [5.74, 6) is 5.01. The molecular formula is C60H92BN3. The molecule has 3 heterocycles. The third-order valence-electron chi connectivity index (χ3n) is 21.7. The monoisotopic (exact) mass is 866 g/mol. The summed E-state index contributed by atoms with van der Waals surface area (Å²) in [5, 5.41) is 0. The van der Waals surface area contributed by atoms with Crippen LogP contribution in [-0.4, -0.2) is 63.2 Å². The minimum atomic E-state index is 0.203. The van der Waals surface area contributed by atoms with E-state index in [9.17, 15) is 0 Å². The van der Waals surface area contributed by atoms with Crippen molar-refractivity contribution in [2.45, 2.75) is 257 Å². The van der Waals surface area contributed by atoms with Crippen molar-refractivity contribution in [1.29, 1.82) is 0 Å². The molecule has 3 nitrogen and oxygen atoms in total. The zero-order valence-electron chi connectivity index (χ0n) is 42.6. The smallest absolute Gasteiger partial charge is 0.189 e. The molecule has 0 amide bonds. The molecule has 12 unspecified atom stereocenters. The van der Waals surface area contributed by atoms with E-state index in [0.717, 1.165) is 23.7 Å². The molecule has 8 aliphatic carbocycles. The van der Waals surface area contributed by atoms with E-state index in [1.807, 2.05) is 16.7 Å². The van der Waals surface area contributed by atoms with Gasteiger partial charge in [0.25, 0.3) is 0 Å². The maximum Gasteiger partial charge on any atom is 0.189 e. The summed E-state index contributed by atoms with van der Waals surface area (Å²) in [6.07, 6.45) is 51.5. The first-order chi connectivity index (χ1) is 30.7. The molecule has 12 atom stereocenters. The lowest BCUT2D eigenvalue weighted by atomic mass is 9.22.